The van der Waals surface area contributed by atoms with E-state index in [9.17, 15) is 14.0 Å². The molecule has 0 spiro atoms. The predicted molar refractivity (Wildman–Crippen MR) is 64.3 cm³/mol. The summed E-state index contributed by atoms with van der Waals surface area (Å²) in [6, 6.07) is 0. The van der Waals surface area contributed by atoms with Gasteiger partial charge in [-0.2, -0.15) is 0 Å². The normalized spacial score (nSPS) is 11.4. The Morgan fingerprint density at radius 1 is 0.889 bits per heavy atom. The second-order valence-corrected chi connectivity index (χ2v) is 5.52. The van der Waals surface area contributed by atoms with Crippen LogP contribution < -0.4 is 43.0 Å². The SMILES string of the molecule is O=S([O-])CCCCCCCCCCSO[O-].[Li+].[Li+]. The molecule has 4 nitrogen and oxygen atoms in total. The molecule has 0 aromatic heterocycles. The summed E-state index contributed by atoms with van der Waals surface area (Å²) in [4.78, 5) is 0. The quantitative estimate of drug-likeness (QED) is 0.0909. The van der Waals surface area contributed by atoms with Gasteiger partial charge >= 0.3 is 37.7 Å². The van der Waals surface area contributed by atoms with Crippen LogP contribution in [0.4, 0.5) is 0 Å². The van der Waals surface area contributed by atoms with E-state index in [4.69, 9.17) is 0 Å². The van der Waals surface area contributed by atoms with E-state index >= 15 is 0 Å². The van der Waals surface area contributed by atoms with E-state index < -0.39 is 11.1 Å². The third-order valence-corrected chi connectivity index (χ3v) is 3.51. The topological polar surface area (TPSA) is 72.4 Å². The fourth-order valence-corrected chi connectivity index (χ4v) is 2.31. The zero-order valence-electron chi connectivity index (χ0n) is 11.5. The summed E-state index contributed by atoms with van der Waals surface area (Å²) >= 11 is -0.897. The summed E-state index contributed by atoms with van der Waals surface area (Å²) in [5.74, 6) is 1.07. The van der Waals surface area contributed by atoms with Gasteiger partial charge in [0.05, 0.1) is 0 Å². The van der Waals surface area contributed by atoms with Crippen molar-refractivity contribution in [1.82, 2.24) is 0 Å². The van der Waals surface area contributed by atoms with Crippen LogP contribution in [0, 0.1) is 0 Å². The Morgan fingerprint density at radius 2 is 1.33 bits per heavy atom. The molecule has 0 amide bonds. The number of rotatable bonds is 12. The molecule has 0 aromatic carbocycles. The molecule has 98 valence electrons. The van der Waals surface area contributed by atoms with Gasteiger partial charge in [0.25, 0.3) is 0 Å². The van der Waals surface area contributed by atoms with Crippen LogP contribution in [0.5, 0.6) is 0 Å². The van der Waals surface area contributed by atoms with Crippen LogP contribution in [-0.2, 0) is 15.4 Å². The smallest absolute Gasteiger partial charge is 0.772 e. The van der Waals surface area contributed by atoms with Crippen molar-refractivity contribution in [3.63, 3.8) is 0 Å². The van der Waals surface area contributed by atoms with E-state index in [1.165, 1.54) is 19.3 Å². The minimum atomic E-state index is -1.87. The first-order valence-electron chi connectivity index (χ1n) is 5.74. The number of unbranched alkanes of at least 4 members (excludes halogenated alkanes) is 7. The predicted octanol–water partition coefficient (Wildman–Crippen LogP) is -4.07. The summed E-state index contributed by atoms with van der Waals surface area (Å²) in [7, 11) is 0. The Kier molecular flexibility index (Phi) is 28.5. The van der Waals surface area contributed by atoms with E-state index in [2.05, 4.69) is 4.33 Å². The zero-order valence-corrected chi connectivity index (χ0v) is 13.2. The van der Waals surface area contributed by atoms with Crippen molar-refractivity contribution in [1.29, 1.82) is 0 Å². The van der Waals surface area contributed by atoms with Crippen LogP contribution in [0.3, 0.4) is 0 Å². The summed E-state index contributed by atoms with van der Waals surface area (Å²) in [5, 5.41) is 9.63. The van der Waals surface area contributed by atoms with Gasteiger partial charge in [-0.25, -0.2) is 0 Å². The standard InChI is InChI=1S/C10H22O4S2.2Li/c11-14-15-9-7-5-3-1-2-4-6-8-10-16(12)13;;/h11H,1-10H2,(H,12,13);;/q;2*+1/p-2. The van der Waals surface area contributed by atoms with Gasteiger partial charge in [-0.05, 0) is 24.9 Å². The van der Waals surface area contributed by atoms with Crippen molar-refractivity contribution >= 4 is 23.1 Å². The molecular weight excluding hydrogens is 262 g/mol. The molecule has 0 fully saturated rings. The van der Waals surface area contributed by atoms with Gasteiger partial charge in [0.2, 0.25) is 0 Å². The van der Waals surface area contributed by atoms with E-state index in [0.717, 1.165) is 49.9 Å². The van der Waals surface area contributed by atoms with Crippen molar-refractivity contribution < 1.29 is 56.1 Å². The Balaban J connectivity index is -0.00000112. The molecule has 0 heterocycles. The zero-order chi connectivity index (χ0) is 12.1. The molecule has 0 aliphatic heterocycles. The first-order valence-corrected chi connectivity index (χ1v) is 7.90. The molecule has 0 rings (SSSR count). The molecule has 1 atom stereocenters. The van der Waals surface area contributed by atoms with Crippen molar-refractivity contribution in [3.8, 4) is 0 Å². The van der Waals surface area contributed by atoms with Crippen molar-refractivity contribution in [2.24, 2.45) is 0 Å². The number of hydrogen-bond donors (Lipinski definition) is 0. The van der Waals surface area contributed by atoms with E-state index in [1.807, 2.05) is 0 Å². The molecule has 0 aliphatic rings. The molecule has 0 radical (unpaired) electrons. The summed E-state index contributed by atoms with van der Waals surface area (Å²) in [5.41, 5.74) is 0. The Bertz CT molecular complexity index is 176. The maximum absolute atomic E-state index is 10.2. The molecule has 0 saturated heterocycles. The third kappa shape index (κ3) is 22.7. The van der Waals surface area contributed by atoms with Crippen LogP contribution in [0.15, 0.2) is 0 Å². The molecule has 0 aromatic rings. The average Bonchev–Trinajstić information content (AvgIpc) is 2.25. The monoisotopic (exact) mass is 282 g/mol. The van der Waals surface area contributed by atoms with E-state index in [0.29, 0.717) is 5.75 Å². The molecule has 1 unspecified atom stereocenters. The molecule has 0 bridgehead atoms. The largest absolute Gasteiger partial charge is 1.00 e. The Morgan fingerprint density at radius 3 is 1.78 bits per heavy atom. The van der Waals surface area contributed by atoms with Crippen molar-refractivity contribution in [3.05, 3.63) is 0 Å². The maximum atomic E-state index is 10.2. The van der Waals surface area contributed by atoms with Crippen LogP contribution in [-0.4, -0.2) is 20.3 Å². The maximum Gasteiger partial charge on any atom is 1.00 e. The van der Waals surface area contributed by atoms with Gasteiger partial charge in [0.15, 0.2) is 0 Å². The Hall–Kier alpha value is 1.57. The van der Waals surface area contributed by atoms with Crippen molar-refractivity contribution in [2.45, 2.75) is 51.4 Å². The van der Waals surface area contributed by atoms with E-state index in [1.54, 1.807) is 0 Å². The van der Waals surface area contributed by atoms with Crippen LogP contribution in [0.1, 0.15) is 51.4 Å². The third-order valence-electron chi connectivity index (χ3n) is 2.34. The van der Waals surface area contributed by atoms with Crippen LogP contribution in [0.25, 0.3) is 0 Å². The minimum Gasteiger partial charge on any atom is -0.772 e. The van der Waals surface area contributed by atoms with Gasteiger partial charge in [0, 0.05) is 11.5 Å². The summed E-state index contributed by atoms with van der Waals surface area (Å²) in [6.45, 7) is 0. The average molecular weight is 282 g/mol. The van der Waals surface area contributed by atoms with E-state index in [-0.39, 0.29) is 37.7 Å². The van der Waals surface area contributed by atoms with Crippen molar-refractivity contribution in [2.75, 3.05) is 11.5 Å². The van der Waals surface area contributed by atoms with Gasteiger partial charge in [-0.3, -0.25) is 4.21 Å². The minimum absolute atomic E-state index is 0. The van der Waals surface area contributed by atoms with Gasteiger partial charge in [-0.1, -0.05) is 49.6 Å². The second kappa shape index (κ2) is 20.9. The molecule has 8 heteroatoms. The first-order chi connectivity index (χ1) is 7.77. The molecule has 0 aliphatic carbocycles. The fourth-order valence-electron chi connectivity index (χ4n) is 1.48. The van der Waals surface area contributed by atoms with Gasteiger partial charge in [0.1, 0.15) is 0 Å². The molecular formula is C10H20Li2O4S2. The van der Waals surface area contributed by atoms with Gasteiger partial charge in [-0.15, -0.1) is 0 Å². The second-order valence-electron chi connectivity index (χ2n) is 3.73. The van der Waals surface area contributed by atoms with Crippen LogP contribution in [0.2, 0.25) is 0 Å². The summed E-state index contributed by atoms with van der Waals surface area (Å²) < 4.78 is 24.1. The molecule has 18 heavy (non-hydrogen) atoms. The first kappa shape index (κ1) is 24.6. The molecule has 0 saturated carbocycles. The molecule has 0 N–H and O–H groups in total. The fraction of sp³-hybridized carbons (Fsp3) is 1.00. The number of hydrogen-bond acceptors (Lipinski definition) is 5. The Labute approximate surface area is 141 Å². The van der Waals surface area contributed by atoms with Crippen LogP contribution >= 0.6 is 12.0 Å². The summed E-state index contributed by atoms with van der Waals surface area (Å²) in [6.07, 6.45) is 8.65. The van der Waals surface area contributed by atoms with Gasteiger partial charge < -0.3 is 14.1 Å².